The minimum Gasteiger partial charge on any atom is -0.490 e. The number of nitrogens with two attached hydrogens (primary N) is 1. The molecule has 1 atom stereocenters. The summed E-state index contributed by atoms with van der Waals surface area (Å²) in [5, 5.41) is 17.1. The molecule has 3 aromatic rings. The second-order valence-electron chi connectivity index (χ2n) is 9.12. The lowest BCUT2D eigenvalue weighted by atomic mass is 10.1. The summed E-state index contributed by atoms with van der Waals surface area (Å²) in [6.07, 6.45) is -9.35. The Balaban J connectivity index is 0.000000440. The third kappa shape index (κ3) is 12.0. The van der Waals surface area contributed by atoms with Gasteiger partial charge in [-0.05, 0) is 44.4 Å². The fourth-order valence-electron chi connectivity index (χ4n) is 3.14. The highest BCUT2D eigenvalue weighted by atomic mass is 19.4. The number of carboxylic acids is 2. The van der Waals surface area contributed by atoms with Crippen molar-refractivity contribution < 1.29 is 65.1 Å². The van der Waals surface area contributed by atoms with Gasteiger partial charge in [0.25, 0.3) is 5.91 Å². The number of hydrogen-bond donors (Lipinski definition) is 4. The van der Waals surface area contributed by atoms with E-state index in [0.29, 0.717) is 41.8 Å². The first-order valence-corrected chi connectivity index (χ1v) is 12.7. The summed E-state index contributed by atoms with van der Waals surface area (Å²) >= 11 is 0. The topological polar surface area (TPSA) is 186 Å². The van der Waals surface area contributed by atoms with Crippen LogP contribution in [0.5, 0.6) is 17.2 Å². The van der Waals surface area contributed by atoms with E-state index < -0.39 is 30.4 Å². The van der Waals surface area contributed by atoms with Crippen molar-refractivity contribution in [3.63, 3.8) is 0 Å². The molecule has 5 N–H and O–H groups in total. The predicted molar refractivity (Wildman–Crippen MR) is 148 cm³/mol. The molecule has 0 unspecified atom stereocenters. The highest BCUT2D eigenvalue weighted by Gasteiger charge is 2.39. The van der Waals surface area contributed by atoms with Crippen LogP contribution in [0.4, 0.5) is 38.0 Å². The van der Waals surface area contributed by atoms with Crippen LogP contribution in [0.3, 0.4) is 0 Å². The van der Waals surface area contributed by atoms with E-state index in [9.17, 15) is 31.1 Å². The molecular formula is C27H27F6N5O8. The lowest BCUT2D eigenvalue weighted by molar-refractivity contribution is -0.193. The van der Waals surface area contributed by atoms with Gasteiger partial charge in [-0.1, -0.05) is 18.2 Å². The maximum absolute atomic E-state index is 12.9. The first kappa shape index (κ1) is 36.9. The summed E-state index contributed by atoms with van der Waals surface area (Å²) in [7, 11) is 3.93. The first-order chi connectivity index (χ1) is 21.4. The molecule has 2 aromatic carbocycles. The van der Waals surface area contributed by atoms with Crippen LogP contribution in [0, 0.1) is 0 Å². The quantitative estimate of drug-likeness (QED) is 0.269. The largest absolute Gasteiger partial charge is 0.490 e. The molecule has 0 spiro atoms. The number of aromatic nitrogens is 2. The van der Waals surface area contributed by atoms with Crippen molar-refractivity contribution >= 4 is 29.5 Å². The average molecular weight is 664 g/mol. The smallest absolute Gasteiger partial charge is 0.490 e. The molecular weight excluding hydrogens is 636 g/mol. The summed E-state index contributed by atoms with van der Waals surface area (Å²) in [5.41, 5.74) is 7.70. The Morgan fingerprint density at radius 2 is 1.59 bits per heavy atom. The Kier molecular flexibility index (Phi) is 12.9. The minimum absolute atomic E-state index is 0.123. The van der Waals surface area contributed by atoms with Crippen LogP contribution in [0.2, 0.25) is 0 Å². The number of fused-ring (bicyclic) bond motifs is 1. The van der Waals surface area contributed by atoms with Crippen LogP contribution in [-0.4, -0.2) is 95.2 Å². The molecule has 46 heavy (non-hydrogen) atoms. The van der Waals surface area contributed by atoms with E-state index in [1.807, 2.05) is 43.3 Å². The van der Waals surface area contributed by atoms with E-state index in [-0.39, 0.29) is 18.5 Å². The van der Waals surface area contributed by atoms with Crippen LogP contribution >= 0.6 is 0 Å². The number of carboxylic acid groups (broad SMARTS) is 2. The van der Waals surface area contributed by atoms with Gasteiger partial charge in [0.2, 0.25) is 12.1 Å². The Hall–Kier alpha value is -5.33. The van der Waals surface area contributed by atoms with Gasteiger partial charge in [-0.2, -0.15) is 26.3 Å². The van der Waals surface area contributed by atoms with E-state index in [0.717, 1.165) is 5.56 Å². The van der Waals surface area contributed by atoms with E-state index >= 15 is 0 Å². The van der Waals surface area contributed by atoms with Crippen LogP contribution in [0.1, 0.15) is 0 Å². The van der Waals surface area contributed by atoms with Crippen molar-refractivity contribution in [1.82, 2.24) is 14.9 Å². The van der Waals surface area contributed by atoms with Gasteiger partial charge >= 0.3 is 24.3 Å². The minimum atomic E-state index is -5.08. The number of nitrogen functional groups attached to an aromatic ring is 1. The van der Waals surface area contributed by atoms with Crippen molar-refractivity contribution in [2.45, 2.75) is 18.5 Å². The van der Waals surface area contributed by atoms with Gasteiger partial charge in [-0.15, -0.1) is 0 Å². The van der Waals surface area contributed by atoms with Crippen LogP contribution in [0.15, 0.2) is 54.7 Å². The molecule has 0 aliphatic carbocycles. The molecule has 4 rings (SSSR count). The number of anilines is 2. The van der Waals surface area contributed by atoms with Crippen molar-refractivity contribution in [2.75, 3.05) is 44.9 Å². The lowest BCUT2D eigenvalue weighted by Gasteiger charge is -2.26. The summed E-state index contributed by atoms with van der Waals surface area (Å²) in [5.74, 6) is -3.97. The van der Waals surface area contributed by atoms with E-state index in [4.69, 9.17) is 39.7 Å². The molecule has 0 saturated carbocycles. The zero-order chi connectivity index (χ0) is 34.7. The van der Waals surface area contributed by atoms with Crippen LogP contribution < -0.4 is 25.3 Å². The number of para-hydroxylation sites is 2. The molecule has 1 amide bonds. The predicted octanol–water partition coefficient (Wildman–Crippen LogP) is 3.71. The van der Waals surface area contributed by atoms with Crippen molar-refractivity contribution in [3.8, 4) is 28.5 Å². The third-order valence-corrected chi connectivity index (χ3v) is 5.29. The second-order valence-corrected chi connectivity index (χ2v) is 9.12. The maximum atomic E-state index is 12.9. The molecule has 0 bridgehead atoms. The normalized spacial score (nSPS) is 13.7. The highest BCUT2D eigenvalue weighted by molar-refractivity contribution is 5.96. The van der Waals surface area contributed by atoms with Gasteiger partial charge in [0.05, 0.1) is 11.4 Å². The zero-order valence-corrected chi connectivity index (χ0v) is 23.9. The van der Waals surface area contributed by atoms with Crippen molar-refractivity contribution in [1.29, 1.82) is 0 Å². The molecule has 13 nitrogen and oxygen atoms in total. The van der Waals surface area contributed by atoms with Crippen molar-refractivity contribution in [3.05, 3.63) is 54.7 Å². The Morgan fingerprint density at radius 1 is 1.00 bits per heavy atom. The number of alkyl halides is 6. The lowest BCUT2D eigenvalue weighted by Crippen LogP contribution is -2.40. The number of aliphatic carboxylic acids is 2. The van der Waals surface area contributed by atoms with Gasteiger partial charge in [0.1, 0.15) is 19.0 Å². The molecule has 0 fully saturated rings. The van der Waals surface area contributed by atoms with Crippen LogP contribution in [0.25, 0.3) is 11.3 Å². The number of ether oxygens (including phenoxy) is 3. The number of amides is 1. The summed E-state index contributed by atoms with van der Waals surface area (Å²) in [6.45, 7) is 1.29. The number of halogens is 6. The Bertz CT molecular complexity index is 1480. The number of benzene rings is 2. The van der Waals surface area contributed by atoms with E-state index in [2.05, 4.69) is 15.3 Å². The fraction of sp³-hybridized carbons (Fsp3) is 0.296. The molecule has 0 saturated heterocycles. The number of carbonyl (C=O) groups is 3. The van der Waals surface area contributed by atoms with Gasteiger partial charge in [0.15, 0.2) is 11.5 Å². The number of carbonyl (C=O) groups excluding carboxylic acids is 1. The van der Waals surface area contributed by atoms with Gasteiger partial charge in [-0.25, -0.2) is 19.6 Å². The van der Waals surface area contributed by atoms with Gasteiger partial charge < -0.3 is 40.4 Å². The van der Waals surface area contributed by atoms with E-state index in [1.54, 1.807) is 30.5 Å². The third-order valence-electron chi connectivity index (χ3n) is 5.29. The SMILES string of the molecule is CN(C)CCOc1cc(-c2ccnc(N)n2)ccc1NC(=O)[C@@H]1COc2ccccc2O1.O=C(O)C(F)(F)F.O=C(O)C(F)(F)F. The number of likely N-dealkylation sites (N-methyl/N-ethyl adjacent to an activating group) is 1. The Morgan fingerprint density at radius 3 is 2.13 bits per heavy atom. The molecule has 1 aromatic heterocycles. The first-order valence-electron chi connectivity index (χ1n) is 12.7. The Labute approximate surface area is 256 Å². The number of nitrogens with zero attached hydrogens (tertiary/aromatic N) is 3. The molecule has 250 valence electrons. The number of hydrogen-bond acceptors (Lipinski definition) is 10. The molecule has 2 heterocycles. The van der Waals surface area contributed by atoms with Crippen LogP contribution in [-0.2, 0) is 14.4 Å². The highest BCUT2D eigenvalue weighted by Crippen LogP contribution is 2.33. The van der Waals surface area contributed by atoms with Crippen molar-refractivity contribution in [2.24, 2.45) is 0 Å². The fourth-order valence-corrected chi connectivity index (χ4v) is 3.14. The molecule has 19 heteroatoms. The molecule has 0 radical (unpaired) electrons. The van der Waals surface area contributed by atoms with Gasteiger partial charge in [0, 0.05) is 18.3 Å². The summed E-state index contributed by atoms with van der Waals surface area (Å²) in [4.78, 5) is 40.9. The maximum Gasteiger partial charge on any atom is 0.490 e. The number of rotatable bonds is 7. The second kappa shape index (κ2) is 16.1. The monoisotopic (exact) mass is 663 g/mol. The van der Waals surface area contributed by atoms with Gasteiger partial charge in [-0.3, -0.25) is 4.79 Å². The standard InChI is InChI=1S/C23H25N5O4.2C2HF3O2/c1-28(2)11-12-30-20-13-15(16-9-10-25-23(24)27-16)7-8-17(20)26-22(29)21-14-31-18-5-3-4-6-19(18)32-21;2*3-2(4,5)1(6)7/h3-10,13,21H,11-12,14H2,1-2H3,(H,26,29)(H2,24,25,27);2*(H,6,7)/t21-;;/m0../s1. The molecule has 1 aliphatic rings. The summed E-state index contributed by atoms with van der Waals surface area (Å²) in [6, 6.07) is 14.5. The number of nitrogens with one attached hydrogen (secondary N) is 1. The summed E-state index contributed by atoms with van der Waals surface area (Å²) < 4.78 is 80.9. The molecule has 1 aliphatic heterocycles. The average Bonchev–Trinajstić information content (AvgIpc) is 2.97. The van der Waals surface area contributed by atoms with E-state index in [1.165, 1.54) is 0 Å². The zero-order valence-electron chi connectivity index (χ0n) is 23.9.